The molecule has 0 N–H and O–H groups in total. The summed E-state index contributed by atoms with van der Waals surface area (Å²) in [7, 11) is 1.30. The number of hydrogen-bond donors (Lipinski definition) is 0. The molecule has 0 aliphatic carbocycles. The van der Waals surface area contributed by atoms with E-state index in [2.05, 4.69) is 4.74 Å². The van der Waals surface area contributed by atoms with Crippen molar-refractivity contribution in [2.75, 3.05) is 7.11 Å². The van der Waals surface area contributed by atoms with Gasteiger partial charge in [0.1, 0.15) is 0 Å². The molecule has 14 heavy (non-hydrogen) atoms. The molecule has 0 heterocycles. The Labute approximate surface area is 79.2 Å². The van der Waals surface area contributed by atoms with Gasteiger partial charge in [0, 0.05) is 0 Å². The number of ether oxygens (including phenoxy) is 2. The van der Waals surface area contributed by atoms with Gasteiger partial charge in [-0.2, -0.15) is 0 Å². The number of methoxy groups -OCH3 is 1. The van der Waals surface area contributed by atoms with Gasteiger partial charge in [-0.3, -0.25) is 0 Å². The number of halogens is 3. The molecule has 0 aliphatic rings. The average Bonchev–Trinajstić information content (AvgIpc) is 2.01. The third kappa shape index (κ3) is 2.55. The fourth-order valence-corrected chi connectivity index (χ4v) is 1.09. The van der Waals surface area contributed by atoms with Crippen LogP contribution < -0.4 is 9.47 Å². The summed E-state index contributed by atoms with van der Waals surface area (Å²) in [6.07, 6.45) is -4.69. The lowest BCUT2D eigenvalue weighted by molar-refractivity contribution is -0.275. The lowest BCUT2D eigenvalue weighted by Gasteiger charge is -2.13. The SMILES string of the molecule is COc1c(C)cccc1OC(F)(F)F. The van der Waals surface area contributed by atoms with Gasteiger partial charge in [0.15, 0.2) is 11.5 Å². The van der Waals surface area contributed by atoms with Crippen molar-refractivity contribution in [3.05, 3.63) is 23.8 Å². The highest BCUT2D eigenvalue weighted by Crippen LogP contribution is 2.34. The minimum atomic E-state index is -4.69. The molecule has 0 saturated carbocycles. The van der Waals surface area contributed by atoms with Crippen LogP contribution in [-0.4, -0.2) is 13.5 Å². The standard InChI is InChI=1S/C9H9F3O2/c1-6-4-3-5-7(8(6)13-2)14-9(10,11)12/h3-5H,1-2H3. The summed E-state index contributed by atoms with van der Waals surface area (Å²) >= 11 is 0. The van der Waals surface area contributed by atoms with E-state index in [4.69, 9.17) is 4.74 Å². The molecular formula is C9H9F3O2. The van der Waals surface area contributed by atoms with Crippen LogP contribution in [0.3, 0.4) is 0 Å². The molecule has 0 unspecified atom stereocenters. The zero-order valence-electron chi connectivity index (χ0n) is 7.68. The van der Waals surface area contributed by atoms with Gasteiger partial charge < -0.3 is 9.47 Å². The van der Waals surface area contributed by atoms with Crippen molar-refractivity contribution in [1.82, 2.24) is 0 Å². The molecule has 0 fully saturated rings. The molecule has 0 aliphatic heterocycles. The summed E-state index contributed by atoms with van der Waals surface area (Å²) in [5.74, 6) is -0.218. The van der Waals surface area contributed by atoms with Crippen LogP contribution in [0.2, 0.25) is 0 Å². The molecule has 0 bridgehead atoms. The van der Waals surface area contributed by atoms with Gasteiger partial charge in [-0.15, -0.1) is 13.2 Å². The normalized spacial score (nSPS) is 11.2. The van der Waals surface area contributed by atoms with Crippen molar-refractivity contribution in [2.45, 2.75) is 13.3 Å². The van der Waals surface area contributed by atoms with E-state index in [1.165, 1.54) is 19.2 Å². The first kappa shape index (κ1) is 10.7. The van der Waals surface area contributed by atoms with Gasteiger partial charge >= 0.3 is 6.36 Å². The molecular weight excluding hydrogens is 197 g/mol. The van der Waals surface area contributed by atoms with E-state index in [0.717, 1.165) is 0 Å². The summed E-state index contributed by atoms with van der Waals surface area (Å²) in [5.41, 5.74) is 0.592. The lowest BCUT2D eigenvalue weighted by atomic mass is 10.2. The maximum Gasteiger partial charge on any atom is 0.573 e. The smallest absolute Gasteiger partial charge is 0.493 e. The minimum Gasteiger partial charge on any atom is -0.493 e. The van der Waals surface area contributed by atoms with E-state index in [9.17, 15) is 13.2 Å². The van der Waals surface area contributed by atoms with E-state index in [-0.39, 0.29) is 11.5 Å². The second-order valence-corrected chi connectivity index (χ2v) is 2.65. The van der Waals surface area contributed by atoms with Crippen LogP contribution in [0.4, 0.5) is 13.2 Å². The molecule has 0 amide bonds. The van der Waals surface area contributed by atoms with E-state index < -0.39 is 6.36 Å². The summed E-state index contributed by atoms with van der Waals surface area (Å²) in [4.78, 5) is 0. The molecule has 0 aromatic heterocycles. The van der Waals surface area contributed by atoms with Gasteiger partial charge in [0.05, 0.1) is 7.11 Å². The Kier molecular flexibility index (Phi) is 2.88. The molecule has 0 spiro atoms. The first-order valence-electron chi connectivity index (χ1n) is 3.83. The van der Waals surface area contributed by atoms with Crippen molar-refractivity contribution in [3.8, 4) is 11.5 Å². The largest absolute Gasteiger partial charge is 0.573 e. The van der Waals surface area contributed by atoms with E-state index in [1.54, 1.807) is 13.0 Å². The Morgan fingerprint density at radius 2 is 1.86 bits per heavy atom. The highest BCUT2D eigenvalue weighted by Gasteiger charge is 2.32. The van der Waals surface area contributed by atoms with Crippen LogP contribution in [0.1, 0.15) is 5.56 Å². The number of para-hydroxylation sites is 1. The number of aryl methyl sites for hydroxylation is 1. The Morgan fingerprint density at radius 1 is 1.21 bits per heavy atom. The predicted octanol–water partition coefficient (Wildman–Crippen LogP) is 2.90. The van der Waals surface area contributed by atoms with Crippen LogP contribution >= 0.6 is 0 Å². The van der Waals surface area contributed by atoms with Gasteiger partial charge in [0.25, 0.3) is 0 Å². The first-order chi connectivity index (χ1) is 6.44. The van der Waals surface area contributed by atoms with Crippen molar-refractivity contribution in [2.24, 2.45) is 0 Å². The Morgan fingerprint density at radius 3 is 2.36 bits per heavy atom. The van der Waals surface area contributed by atoms with E-state index >= 15 is 0 Å². The molecule has 0 saturated heterocycles. The molecule has 2 nitrogen and oxygen atoms in total. The Balaban J connectivity index is 3.02. The van der Waals surface area contributed by atoms with Gasteiger partial charge in [-0.25, -0.2) is 0 Å². The number of alkyl halides is 3. The number of benzene rings is 1. The monoisotopic (exact) mass is 206 g/mol. The maximum atomic E-state index is 11.9. The van der Waals surface area contributed by atoms with Gasteiger partial charge in [-0.1, -0.05) is 12.1 Å². The van der Waals surface area contributed by atoms with Crippen LogP contribution in [0, 0.1) is 6.92 Å². The average molecular weight is 206 g/mol. The molecule has 0 radical (unpaired) electrons. The first-order valence-corrected chi connectivity index (χ1v) is 3.83. The zero-order chi connectivity index (χ0) is 10.8. The van der Waals surface area contributed by atoms with Crippen molar-refractivity contribution in [1.29, 1.82) is 0 Å². The lowest BCUT2D eigenvalue weighted by Crippen LogP contribution is -2.17. The van der Waals surface area contributed by atoms with E-state index in [1.807, 2.05) is 0 Å². The molecule has 0 atom stereocenters. The quantitative estimate of drug-likeness (QED) is 0.740. The maximum absolute atomic E-state index is 11.9. The number of rotatable bonds is 2. The van der Waals surface area contributed by atoms with Gasteiger partial charge in [-0.05, 0) is 18.6 Å². The van der Waals surface area contributed by atoms with E-state index in [0.29, 0.717) is 5.56 Å². The molecule has 78 valence electrons. The number of hydrogen-bond acceptors (Lipinski definition) is 2. The van der Waals surface area contributed by atoms with Crippen LogP contribution in [0.5, 0.6) is 11.5 Å². The van der Waals surface area contributed by atoms with Crippen LogP contribution in [0.15, 0.2) is 18.2 Å². The Hall–Kier alpha value is -1.39. The molecule has 5 heteroatoms. The van der Waals surface area contributed by atoms with Crippen LogP contribution in [0.25, 0.3) is 0 Å². The third-order valence-electron chi connectivity index (χ3n) is 1.61. The topological polar surface area (TPSA) is 18.5 Å². The summed E-state index contributed by atoms with van der Waals surface area (Å²) in [6.45, 7) is 1.64. The summed E-state index contributed by atoms with van der Waals surface area (Å²) < 4.78 is 44.3. The Bertz CT molecular complexity index is 320. The van der Waals surface area contributed by atoms with Crippen molar-refractivity contribution < 1.29 is 22.6 Å². The highest BCUT2D eigenvalue weighted by molar-refractivity contribution is 5.45. The second-order valence-electron chi connectivity index (χ2n) is 2.65. The minimum absolute atomic E-state index is 0.102. The third-order valence-corrected chi connectivity index (χ3v) is 1.61. The van der Waals surface area contributed by atoms with Crippen molar-refractivity contribution >= 4 is 0 Å². The predicted molar refractivity (Wildman–Crippen MR) is 44.4 cm³/mol. The van der Waals surface area contributed by atoms with Gasteiger partial charge in [0.2, 0.25) is 0 Å². The van der Waals surface area contributed by atoms with Crippen molar-refractivity contribution in [3.63, 3.8) is 0 Å². The summed E-state index contributed by atoms with van der Waals surface area (Å²) in [5, 5.41) is 0. The molecule has 1 aromatic rings. The zero-order valence-corrected chi connectivity index (χ0v) is 7.68. The summed E-state index contributed by atoms with van der Waals surface area (Å²) in [6, 6.07) is 4.32. The fourth-order valence-electron chi connectivity index (χ4n) is 1.09. The highest BCUT2D eigenvalue weighted by atomic mass is 19.4. The second kappa shape index (κ2) is 3.77. The fraction of sp³-hybridized carbons (Fsp3) is 0.333. The molecule has 1 rings (SSSR count). The molecule has 1 aromatic carbocycles. The van der Waals surface area contributed by atoms with Crippen LogP contribution in [-0.2, 0) is 0 Å².